The number of amides is 1. The lowest BCUT2D eigenvalue weighted by Gasteiger charge is -2.20. The first-order chi connectivity index (χ1) is 13.3. The third-order valence-electron chi connectivity index (χ3n) is 3.88. The van der Waals surface area contributed by atoms with E-state index in [2.05, 4.69) is 15.5 Å². The molecule has 3 rings (SSSR count). The van der Waals surface area contributed by atoms with Gasteiger partial charge in [-0.3, -0.25) is 9.36 Å². The minimum Gasteiger partial charge on any atom is -0.380 e. The highest BCUT2D eigenvalue weighted by molar-refractivity contribution is 7.99. The fraction of sp³-hybridized carbons (Fsp3) is 0.286. The highest BCUT2D eigenvalue weighted by Gasteiger charge is 2.23. The summed E-state index contributed by atoms with van der Waals surface area (Å²) in [6, 6.07) is 18.9. The number of carbonyl (C=O) groups is 1. The SMILES string of the molecule is CC(C)(C)NC(=O)CSc1nnc([C@H](O)c2ccccc2)n1-c1ccccc1. The lowest BCUT2D eigenvalue weighted by molar-refractivity contribution is -0.119. The molecular weight excluding hydrogens is 372 g/mol. The summed E-state index contributed by atoms with van der Waals surface area (Å²) < 4.78 is 1.80. The summed E-state index contributed by atoms with van der Waals surface area (Å²) in [5.41, 5.74) is 1.27. The van der Waals surface area contributed by atoms with Crippen molar-refractivity contribution in [3.05, 3.63) is 72.1 Å². The molecule has 0 saturated carbocycles. The average Bonchev–Trinajstić information content (AvgIpc) is 3.10. The zero-order chi connectivity index (χ0) is 20.1. The van der Waals surface area contributed by atoms with Gasteiger partial charge in [-0.1, -0.05) is 60.3 Å². The summed E-state index contributed by atoms with van der Waals surface area (Å²) in [5, 5.41) is 22.8. The zero-order valence-corrected chi connectivity index (χ0v) is 17.0. The molecule has 2 N–H and O–H groups in total. The van der Waals surface area contributed by atoms with E-state index in [1.807, 2.05) is 81.4 Å². The summed E-state index contributed by atoms with van der Waals surface area (Å²) in [5.74, 6) is 0.547. The summed E-state index contributed by atoms with van der Waals surface area (Å²) in [6.07, 6.45) is -0.924. The molecular formula is C21H24N4O2S. The van der Waals surface area contributed by atoms with Crippen LogP contribution in [0.5, 0.6) is 0 Å². The Balaban J connectivity index is 1.91. The Morgan fingerprint density at radius 3 is 2.29 bits per heavy atom. The molecule has 0 saturated heterocycles. The van der Waals surface area contributed by atoms with Crippen LogP contribution < -0.4 is 5.32 Å². The van der Waals surface area contributed by atoms with E-state index in [4.69, 9.17) is 0 Å². The molecule has 1 heterocycles. The van der Waals surface area contributed by atoms with Crippen LogP contribution in [0.1, 0.15) is 38.3 Å². The quantitative estimate of drug-likeness (QED) is 0.625. The van der Waals surface area contributed by atoms with Crippen molar-refractivity contribution in [2.75, 3.05) is 5.75 Å². The van der Waals surface area contributed by atoms with E-state index in [1.165, 1.54) is 11.8 Å². The van der Waals surface area contributed by atoms with Crippen molar-refractivity contribution >= 4 is 17.7 Å². The highest BCUT2D eigenvalue weighted by Crippen LogP contribution is 2.28. The van der Waals surface area contributed by atoms with E-state index in [-0.39, 0.29) is 17.2 Å². The van der Waals surface area contributed by atoms with Gasteiger partial charge >= 0.3 is 0 Å². The second kappa shape index (κ2) is 8.58. The Morgan fingerprint density at radius 2 is 1.68 bits per heavy atom. The number of nitrogens with one attached hydrogen (secondary N) is 1. The number of thioether (sulfide) groups is 1. The molecule has 1 amide bonds. The zero-order valence-electron chi connectivity index (χ0n) is 16.2. The van der Waals surface area contributed by atoms with E-state index in [9.17, 15) is 9.90 Å². The van der Waals surface area contributed by atoms with Gasteiger partial charge in [-0.25, -0.2) is 0 Å². The van der Waals surface area contributed by atoms with Gasteiger partial charge in [-0.05, 0) is 38.5 Å². The fourth-order valence-electron chi connectivity index (χ4n) is 2.74. The number of aliphatic hydroxyl groups excluding tert-OH is 1. The molecule has 0 radical (unpaired) electrons. The topological polar surface area (TPSA) is 80.0 Å². The molecule has 3 aromatic rings. The second-order valence-electron chi connectivity index (χ2n) is 7.41. The molecule has 1 atom stereocenters. The Hall–Kier alpha value is -2.64. The lowest BCUT2D eigenvalue weighted by atomic mass is 10.1. The molecule has 1 aromatic heterocycles. The lowest BCUT2D eigenvalue weighted by Crippen LogP contribution is -2.41. The fourth-order valence-corrected chi connectivity index (χ4v) is 3.50. The molecule has 0 unspecified atom stereocenters. The normalized spacial score (nSPS) is 12.6. The number of aliphatic hydroxyl groups is 1. The van der Waals surface area contributed by atoms with Crippen molar-refractivity contribution in [1.82, 2.24) is 20.1 Å². The maximum absolute atomic E-state index is 12.2. The van der Waals surface area contributed by atoms with Crippen LogP contribution in [0.15, 0.2) is 65.8 Å². The average molecular weight is 397 g/mol. The van der Waals surface area contributed by atoms with Crippen molar-refractivity contribution in [3.63, 3.8) is 0 Å². The predicted octanol–water partition coefficient (Wildman–Crippen LogP) is 3.36. The first kappa shape index (κ1) is 20.1. The largest absolute Gasteiger partial charge is 0.380 e. The molecule has 0 bridgehead atoms. The smallest absolute Gasteiger partial charge is 0.230 e. The minimum absolute atomic E-state index is 0.0785. The van der Waals surface area contributed by atoms with E-state index in [1.54, 1.807) is 4.57 Å². The number of benzene rings is 2. The van der Waals surface area contributed by atoms with Gasteiger partial charge < -0.3 is 10.4 Å². The maximum atomic E-state index is 12.2. The molecule has 0 spiro atoms. The van der Waals surface area contributed by atoms with Gasteiger partial charge in [0.15, 0.2) is 11.0 Å². The molecule has 7 heteroatoms. The Morgan fingerprint density at radius 1 is 1.07 bits per heavy atom. The molecule has 6 nitrogen and oxygen atoms in total. The third kappa shape index (κ3) is 4.99. The van der Waals surface area contributed by atoms with Crippen LogP contribution >= 0.6 is 11.8 Å². The molecule has 0 aliphatic carbocycles. The molecule has 28 heavy (non-hydrogen) atoms. The maximum Gasteiger partial charge on any atom is 0.230 e. The Kier molecular flexibility index (Phi) is 6.16. The van der Waals surface area contributed by atoms with Crippen LogP contribution in [0, 0.1) is 0 Å². The van der Waals surface area contributed by atoms with Crippen LogP contribution in [-0.2, 0) is 4.79 Å². The van der Waals surface area contributed by atoms with Gasteiger partial charge in [0.1, 0.15) is 6.10 Å². The van der Waals surface area contributed by atoms with Crippen molar-refractivity contribution in [3.8, 4) is 5.69 Å². The van der Waals surface area contributed by atoms with Crippen LogP contribution in [0.3, 0.4) is 0 Å². The summed E-state index contributed by atoms with van der Waals surface area (Å²) in [4.78, 5) is 12.2. The van der Waals surface area contributed by atoms with Crippen LogP contribution in [0.25, 0.3) is 5.69 Å². The highest BCUT2D eigenvalue weighted by atomic mass is 32.2. The van der Waals surface area contributed by atoms with Gasteiger partial charge in [0.05, 0.1) is 5.75 Å². The van der Waals surface area contributed by atoms with Crippen molar-refractivity contribution < 1.29 is 9.90 Å². The molecule has 0 aliphatic rings. The standard InChI is InChI=1S/C21H24N4O2S/c1-21(2,3)22-17(26)14-28-20-24-23-19(18(27)15-10-6-4-7-11-15)25(20)16-12-8-5-9-13-16/h4-13,18,27H,14H2,1-3H3,(H,22,26)/t18-/m1/s1. The molecule has 0 fully saturated rings. The van der Waals surface area contributed by atoms with Crippen LogP contribution in [0.4, 0.5) is 0 Å². The van der Waals surface area contributed by atoms with E-state index < -0.39 is 6.10 Å². The number of carbonyl (C=O) groups excluding carboxylic acids is 1. The van der Waals surface area contributed by atoms with Crippen LogP contribution in [-0.4, -0.2) is 37.1 Å². The number of nitrogens with zero attached hydrogens (tertiary/aromatic N) is 3. The van der Waals surface area contributed by atoms with Gasteiger partial charge in [-0.15, -0.1) is 10.2 Å². The first-order valence-corrected chi connectivity index (χ1v) is 10.0. The minimum atomic E-state index is -0.924. The summed E-state index contributed by atoms with van der Waals surface area (Å²) in [6.45, 7) is 5.82. The monoisotopic (exact) mass is 396 g/mol. The molecule has 146 valence electrons. The van der Waals surface area contributed by atoms with Crippen molar-refractivity contribution in [1.29, 1.82) is 0 Å². The number of aromatic nitrogens is 3. The molecule has 2 aromatic carbocycles. The van der Waals surface area contributed by atoms with Gasteiger partial charge in [0.25, 0.3) is 0 Å². The number of para-hydroxylation sites is 1. The van der Waals surface area contributed by atoms with Crippen molar-refractivity contribution in [2.45, 2.75) is 37.6 Å². The second-order valence-corrected chi connectivity index (χ2v) is 8.35. The number of hydrogen-bond donors (Lipinski definition) is 2. The van der Waals surface area contributed by atoms with E-state index >= 15 is 0 Å². The Labute approximate surface area is 169 Å². The van der Waals surface area contributed by atoms with Crippen molar-refractivity contribution in [2.24, 2.45) is 0 Å². The van der Waals surface area contributed by atoms with E-state index in [0.717, 1.165) is 11.3 Å². The summed E-state index contributed by atoms with van der Waals surface area (Å²) >= 11 is 1.29. The Bertz CT molecular complexity index is 921. The number of hydrogen-bond acceptors (Lipinski definition) is 5. The first-order valence-electron chi connectivity index (χ1n) is 9.03. The van der Waals surface area contributed by atoms with Gasteiger partial charge in [0, 0.05) is 11.2 Å². The van der Waals surface area contributed by atoms with Gasteiger partial charge in [0.2, 0.25) is 5.91 Å². The van der Waals surface area contributed by atoms with Gasteiger partial charge in [-0.2, -0.15) is 0 Å². The number of rotatable bonds is 6. The third-order valence-corrected chi connectivity index (χ3v) is 4.81. The summed E-state index contributed by atoms with van der Waals surface area (Å²) in [7, 11) is 0. The molecule has 0 aliphatic heterocycles. The predicted molar refractivity (Wildman–Crippen MR) is 110 cm³/mol. The van der Waals surface area contributed by atoms with Crippen LogP contribution in [0.2, 0.25) is 0 Å². The van der Waals surface area contributed by atoms with E-state index in [0.29, 0.717) is 11.0 Å².